The molecule has 0 saturated carbocycles. The Morgan fingerprint density at radius 3 is 3.00 bits per heavy atom. The van der Waals surface area contributed by atoms with Crippen LogP contribution in [0.5, 0.6) is 0 Å². The molecule has 0 radical (unpaired) electrons. The number of nitrogens with zero attached hydrogens (tertiary/aromatic N) is 2. The van der Waals surface area contributed by atoms with Crippen molar-refractivity contribution in [2.45, 2.75) is 13.3 Å². The SMILES string of the molecule is COC(=O)Cc1cn2cc(C)cc(N)c2n1. The first kappa shape index (κ1) is 10.5. The first-order chi connectivity index (χ1) is 7.60. The van der Waals surface area contributed by atoms with Crippen LogP contribution >= 0.6 is 0 Å². The van der Waals surface area contributed by atoms with E-state index in [1.165, 1.54) is 7.11 Å². The molecule has 0 bridgehead atoms. The second-order valence-corrected chi connectivity index (χ2v) is 3.69. The van der Waals surface area contributed by atoms with E-state index in [1.807, 2.05) is 23.6 Å². The number of esters is 1. The number of anilines is 1. The summed E-state index contributed by atoms with van der Waals surface area (Å²) >= 11 is 0. The summed E-state index contributed by atoms with van der Waals surface area (Å²) in [6, 6.07) is 1.85. The number of hydrogen-bond donors (Lipinski definition) is 1. The first-order valence-electron chi connectivity index (χ1n) is 4.90. The average molecular weight is 219 g/mol. The quantitative estimate of drug-likeness (QED) is 0.763. The number of aryl methyl sites for hydroxylation is 1. The van der Waals surface area contributed by atoms with Gasteiger partial charge in [0.1, 0.15) is 0 Å². The molecule has 2 aromatic rings. The molecule has 0 amide bonds. The summed E-state index contributed by atoms with van der Waals surface area (Å²) in [7, 11) is 1.36. The Morgan fingerprint density at radius 2 is 2.31 bits per heavy atom. The van der Waals surface area contributed by atoms with Gasteiger partial charge >= 0.3 is 5.97 Å². The number of ether oxygens (including phenoxy) is 1. The molecule has 2 rings (SSSR count). The Kier molecular flexibility index (Phi) is 2.52. The van der Waals surface area contributed by atoms with E-state index in [2.05, 4.69) is 9.72 Å². The molecule has 5 nitrogen and oxygen atoms in total. The number of fused-ring (bicyclic) bond motifs is 1. The lowest BCUT2D eigenvalue weighted by molar-refractivity contribution is -0.139. The van der Waals surface area contributed by atoms with Crippen molar-refractivity contribution >= 4 is 17.3 Å². The highest BCUT2D eigenvalue weighted by molar-refractivity contribution is 5.73. The third kappa shape index (κ3) is 1.84. The molecule has 0 fully saturated rings. The molecule has 2 heterocycles. The lowest BCUT2D eigenvalue weighted by atomic mass is 10.3. The summed E-state index contributed by atoms with van der Waals surface area (Å²) < 4.78 is 6.41. The van der Waals surface area contributed by atoms with Crippen molar-refractivity contribution in [1.82, 2.24) is 9.38 Å². The van der Waals surface area contributed by atoms with Gasteiger partial charge in [-0.25, -0.2) is 4.98 Å². The van der Waals surface area contributed by atoms with Crippen molar-refractivity contribution in [2.75, 3.05) is 12.8 Å². The molecule has 0 aromatic carbocycles. The molecule has 0 spiro atoms. The molecule has 5 heteroatoms. The van der Waals surface area contributed by atoms with Gasteiger partial charge in [-0.2, -0.15) is 0 Å². The van der Waals surface area contributed by atoms with Gasteiger partial charge in [0.2, 0.25) is 0 Å². The van der Waals surface area contributed by atoms with Gasteiger partial charge in [0.15, 0.2) is 5.65 Å². The zero-order chi connectivity index (χ0) is 11.7. The van der Waals surface area contributed by atoms with Crippen LogP contribution in [0, 0.1) is 6.92 Å². The largest absolute Gasteiger partial charge is 0.469 e. The third-order valence-corrected chi connectivity index (χ3v) is 2.32. The van der Waals surface area contributed by atoms with Crippen LogP contribution in [0.4, 0.5) is 5.69 Å². The van der Waals surface area contributed by atoms with E-state index in [0.29, 0.717) is 17.0 Å². The standard InChI is InChI=1S/C11H13N3O2/c1-7-3-9(12)11-13-8(4-10(15)16-2)6-14(11)5-7/h3,5-6H,4,12H2,1-2H3. The molecule has 0 aliphatic heterocycles. The molecule has 0 aliphatic carbocycles. The minimum atomic E-state index is -0.307. The zero-order valence-electron chi connectivity index (χ0n) is 9.23. The van der Waals surface area contributed by atoms with Gasteiger partial charge in [0, 0.05) is 12.4 Å². The number of rotatable bonds is 2. The molecule has 84 valence electrons. The Morgan fingerprint density at radius 1 is 1.56 bits per heavy atom. The van der Waals surface area contributed by atoms with Gasteiger partial charge in [-0.05, 0) is 18.6 Å². The Labute approximate surface area is 92.8 Å². The summed E-state index contributed by atoms with van der Waals surface area (Å²) in [6.07, 6.45) is 3.87. The maximum absolute atomic E-state index is 11.1. The highest BCUT2D eigenvalue weighted by Crippen LogP contribution is 2.15. The summed E-state index contributed by atoms with van der Waals surface area (Å²) in [6.45, 7) is 1.95. The van der Waals surface area contributed by atoms with E-state index in [1.54, 1.807) is 6.20 Å². The van der Waals surface area contributed by atoms with Gasteiger partial charge in [0.05, 0.1) is 24.9 Å². The van der Waals surface area contributed by atoms with Gasteiger partial charge in [0.25, 0.3) is 0 Å². The number of carbonyl (C=O) groups is 1. The molecule has 2 aromatic heterocycles. The van der Waals surface area contributed by atoms with Crippen molar-refractivity contribution in [3.63, 3.8) is 0 Å². The Hall–Kier alpha value is -2.04. The summed E-state index contributed by atoms with van der Waals surface area (Å²) in [5.41, 5.74) is 8.82. The second-order valence-electron chi connectivity index (χ2n) is 3.69. The van der Waals surface area contributed by atoms with Crippen LogP contribution in [-0.2, 0) is 16.0 Å². The zero-order valence-corrected chi connectivity index (χ0v) is 9.23. The molecule has 0 aliphatic rings. The highest BCUT2D eigenvalue weighted by Gasteiger charge is 2.09. The van der Waals surface area contributed by atoms with E-state index >= 15 is 0 Å². The van der Waals surface area contributed by atoms with E-state index in [-0.39, 0.29) is 12.4 Å². The number of aromatic nitrogens is 2. The number of hydrogen-bond acceptors (Lipinski definition) is 4. The number of nitrogens with two attached hydrogens (primary N) is 1. The number of carbonyl (C=O) groups excluding carboxylic acids is 1. The van der Waals surface area contributed by atoms with Crippen molar-refractivity contribution in [2.24, 2.45) is 0 Å². The van der Waals surface area contributed by atoms with Crippen molar-refractivity contribution in [1.29, 1.82) is 0 Å². The highest BCUT2D eigenvalue weighted by atomic mass is 16.5. The Bertz CT molecular complexity index is 545. The smallest absolute Gasteiger partial charge is 0.311 e. The summed E-state index contributed by atoms with van der Waals surface area (Å²) in [5, 5.41) is 0. The first-order valence-corrected chi connectivity index (χ1v) is 4.90. The van der Waals surface area contributed by atoms with E-state index in [9.17, 15) is 4.79 Å². The molecule has 16 heavy (non-hydrogen) atoms. The number of methoxy groups -OCH3 is 1. The lowest BCUT2D eigenvalue weighted by Crippen LogP contribution is -2.04. The van der Waals surface area contributed by atoms with Crippen LogP contribution in [0.2, 0.25) is 0 Å². The van der Waals surface area contributed by atoms with E-state index in [0.717, 1.165) is 5.56 Å². The summed E-state index contributed by atoms with van der Waals surface area (Å²) in [4.78, 5) is 15.4. The predicted molar refractivity (Wildman–Crippen MR) is 60.1 cm³/mol. The van der Waals surface area contributed by atoms with Gasteiger partial charge in [-0.15, -0.1) is 0 Å². The molecular formula is C11H13N3O2. The van der Waals surface area contributed by atoms with Crippen LogP contribution in [0.25, 0.3) is 5.65 Å². The minimum Gasteiger partial charge on any atom is -0.469 e. The summed E-state index contributed by atoms with van der Waals surface area (Å²) in [5.74, 6) is -0.307. The number of imidazole rings is 1. The lowest BCUT2D eigenvalue weighted by Gasteiger charge is -1.98. The maximum atomic E-state index is 11.1. The number of nitrogen functional groups attached to an aromatic ring is 1. The van der Waals surface area contributed by atoms with Gasteiger partial charge < -0.3 is 14.9 Å². The third-order valence-electron chi connectivity index (χ3n) is 2.32. The topological polar surface area (TPSA) is 69.6 Å². The molecule has 0 atom stereocenters. The Balaban J connectivity index is 2.44. The van der Waals surface area contributed by atoms with E-state index in [4.69, 9.17) is 5.73 Å². The van der Waals surface area contributed by atoms with Crippen LogP contribution in [-0.4, -0.2) is 22.5 Å². The van der Waals surface area contributed by atoms with Crippen LogP contribution in [0.3, 0.4) is 0 Å². The minimum absolute atomic E-state index is 0.163. The maximum Gasteiger partial charge on any atom is 0.311 e. The van der Waals surface area contributed by atoms with Crippen molar-refractivity contribution < 1.29 is 9.53 Å². The monoisotopic (exact) mass is 219 g/mol. The average Bonchev–Trinajstić information content (AvgIpc) is 2.60. The molecule has 0 saturated heterocycles. The second kappa shape index (κ2) is 3.84. The van der Waals surface area contributed by atoms with Gasteiger partial charge in [-0.1, -0.05) is 0 Å². The van der Waals surface area contributed by atoms with Crippen LogP contribution in [0.1, 0.15) is 11.3 Å². The normalized spacial score (nSPS) is 10.6. The predicted octanol–water partition coefficient (Wildman–Crippen LogP) is 0.940. The van der Waals surface area contributed by atoms with E-state index < -0.39 is 0 Å². The van der Waals surface area contributed by atoms with Gasteiger partial charge in [-0.3, -0.25) is 4.79 Å². The van der Waals surface area contributed by atoms with Crippen LogP contribution in [0.15, 0.2) is 18.5 Å². The fraction of sp³-hybridized carbons (Fsp3) is 0.273. The van der Waals surface area contributed by atoms with Crippen LogP contribution < -0.4 is 5.73 Å². The molecule has 0 unspecified atom stereocenters. The molecular weight excluding hydrogens is 206 g/mol. The number of pyridine rings is 1. The fourth-order valence-electron chi connectivity index (χ4n) is 1.63. The molecule has 2 N–H and O–H groups in total. The van der Waals surface area contributed by atoms with Crippen molar-refractivity contribution in [3.8, 4) is 0 Å². The van der Waals surface area contributed by atoms with Crippen molar-refractivity contribution in [3.05, 3.63) is 29.7 Å². The fourth-order valence-corrected chi connectivity index (χ4v) is 1.63.